The Bertz CT molecular complexity index is 423. The van der Waals surface area contributed by atoms with Gasteiger partial charge < -0.3 is 14.6 Å². The maximum absolute atomic E-state index is 9.96. The van der Waals surface area contributed by atoms with Gasteiger partial charge in [-0.3, -0.25) is 0 Å². The summed E-state index contributed by atoms with van der Waals surface area (Å²) in [7, 11) is 1.48. The molecule has 0 fully saturated rings. The number of aliphatic imine (C=N–C) groups is 1. The normalized spacial score (nSPS) is 27.3. The number of hydrogen-bond donors (Lipinski definition) is 1. The van der Waals surface area contributed by atoms with E-state index in [4.69, 9.17) is 9.47 Å². The minimum Gasteiger partial charge on any atom is -0.476 e. The monoisotopic (exact) mass is 249 g/mol. The van der Waals surface area contributed by atoms with Crippen LogP contribution in [0.2, 0.25) is 0 Å². The number of allylic oxidation sites excluding steroid dienone is 2. The zero-order valence-corrected chi connectivity index (χ0v) is 10.8. The SMILES string of the molecule is C=C(C)COC1=NC2CC=CC=C2C1C(O)OC. The van der Waals surface area contributed by atoms with Crippen molar-refractivity contribution in [2.45, 2.75) is 25.7 Å². The van der Waals surface area contributed by atoms with E-state index in [0.29, 0.717) is 12.5 Å². The Morgan fingerprint density at radius 1 is 1.67 bits per heavy atom. The summed E-state index contributed by atoms with van der Waals surface area (Å²) in [5.74, 6) is 0.247. The zero-order chi connectivity index (χ0) is 13.1. The van der Waals surface area contributed by atoms with Gasteiger partial charge in [-0.2, -0.15) is 0 Å². The molecule has 0 saturated heterocycles. The standard InChI is InChI=1S/C14H19NO3/c1-9(2)8-18-13-12(14(16)17-3)10-6-4-5-7-11(10)15-13/h4-6,11-12,14,16H,1,7-8H2,2-3H3. The van der Waals surface area contributed by atoms with E-state index in [-0.39, 0.29) is 12.0 Å². The second kappa shape index (κ2) is 5.50. The van der Waals surface area contributed by atoms with E-state index in [2.05, 4.69) is 17.6 Å². The molecule has 1 N–H and O–H groups in total. The Morgan fingerprint density at radius 3 is 3.11 bits per heavy atom. The summed E-state index contributed by atoms with van der Waals surface area (Å²) in [5, 5.41) is 9.96. The van der Waals surface area contributed by atoms with Crippen molar-refractivity contribution in [2.24, 2.45) is 10.9 Å². The molecule has 18 heavy (non-hydrogen) atoms. The maximum Gasteiger partial charge on any atom is 0.196 e. The lowest BCUT2D eigenvalue weighted by atomic mass is 9.91. The van der Waals surface area contributed by atoms with Crippen LogP contribution in [0.3, 0.4) is 0 Å². The summed E-state index contributed by atoms with van der Waals surface area (Å²) in [4.78, 5) is 4.53. The number of rotatable bonds is 4. The van der Waals surface area contributed by atoms with Gasteiger partial charge in [0, 0.05) is 7.11 Å². The Kier molecular flexibility index (Phi) is 3.99. The molecule has 0 amide bonds. The molecule has 2 rings (SSSR count). The predicted octanol–water partition coefficient (Wildman–Crippen LogP) is 1.83. The average molecular weight is 249 g/mol. The molecule has 1 aliphatic carbocycles. The molecular weight excluding hydrogens is 230 g/mol. The summed E-state index contributed by atoms with van der Waals surface area (Å²) in [6.45, 7) is 6.11. The molecule has 0 bridgehead atoms. The molecule has 4 nitrogen and oxygen atoms in total. The van der Waals surface area contributed by atoms with Gasteiger partial charge in [-0.1, -0.05) is 24.8 Å². The fraction of sp³-hybridized carbons (Fsp3) is 0.500. The van der Waals surface area contributed by atoms with Crippen LogP contribution in [0.5, 0.6) is 0 Å². The van der Waals surface area contributed by atoms with Crippen LogP contribution < -0.4 is 0 Å². The molecule has 1 heterocycles. The van der Waals surface area contributed by atoms with E-state index < -0.39 is 6.29 Å². The van der Waals surface area contributed by atoms with E-state index in [1.807, 2.05) is 19.1 Å². The van der Waals surface area contributed by atoms with Crippen LogP contribution in [-0.2, 0) is 9.47 Å². The van der Waals surface area contributed by atoms with Gasteiger partial charge in [-0.25, -0.2) is 4.99 Å². The maximum atomic E-state index is 9.96. The van der Waals surface area contributed by atoms with Crippen LogP contribution in [0.25, 0.3) is 0 Å². The molecule has 2 aliphatic rings. The highest BCUT2D eigenvalue weighted by Gasteiger charge is 2.39. The van der Waals surface area contributed by atoms with Gasteiger partial charge in [0.15, 0.2) is 12.2 Å². The lowest BCUT2D eigenvalue weighted by Gasteiger charge is -2.22. The minimum absolute atomic E-state index is 0.0740. The molecule has 98 valence electrons. The van der Waals surface area contributed by atoms with E-state index >= 15 is 0 Å². The summed E-state index contributed by atoms with van der Waals surface area (Å²) in [5.41, 5.74) is 1.98. The number of fused-ring (bicyclic) bond motifs is 1. The molecule has 1 aliphatic heterocycles. The van der Waals surface area contributed by atoms with Crippen LogP contribution >= 0.6 is 0 Å². The summed E-state index contributed by atoms with van der Waals surface area (Å²) < 4.78 is 10.7. The van der Waals surface area contributed by atoms with Crippen LogP contribution in [-0.4, -0.2) is 37.1 Å². The quantitative estimate of drug-likeness (QED) is 0.611. The Morgan fingerprint density at radius 2 is 2.44 bits per heavy atom. The van der Waals surface area contributed by atoms with Gasteiger partial charge in [-0.05, 0) is 24.5 Å². The van der Waals surface area contributed by atoms with Crippen molar-refractivity contribution in [2.75, 3.05) is 13.7 Å². The van der Waals surface area contributed by atoms with Crippen molar-refractivity contribution >= 4 is 5.90 Å². The van der Waals surface area contributed by atoms with Crippen LogP contribution in [0.15, 0.2) is 40.9 Å². The number of methoxy groups -OCH3 is 1. The van der Waals surface area contributed by atoms with Gasteiger partial charge in [0.1, 0.15) is 12.5 Å². The lowest BCUT2D eigenvalue weighted by molar-refractivity contribution is -0.0904. The van der Waals surface area contributed by atoms with Crippen molar-refractivity contribution in [1.82, 2.24) is 0 Å². The van der Waals surface area contributed by atoms with Crippen molar-refractivity contribution < 1.29 is 14.6 Å². The fourth-order valence-corrected chi connectivity index (χ4v) is 2.20. The Hall–Kier alpha value is -1.39. The number of hydrogen-bond acceptors (Lipinski definition) is 4. The molecular formula is C14H19NO3. The number of ether oxygens (including phenoxy) is 2. The van der Waals surface area contributed by atoms with Crippen LogP contribution in [0.1, 0.15) is 13.3 Å². The predicted molar refractivity (Wildman–Crippen MR) is 70.3 cm³/mol. The number of nitrogens with zero attached hydrogens (tertiary/aromatic N) is 1. The largest absolute Gasteiger partial charge is 0.476 e. The second-order valence-corrected chi connectivity index (χ2v) is 4.66. The first-order chi connectivity index (χ1) is 8.63. The van der Waals surface area contributed by atoms with Gasteiger partial charge in [0.2, 0.25) is 0 Å². The second-order valence-electron chi connectivity index (χ2n) is 4.66. The highest BCUT2D eigenvalue weighted by molar-refractivity contribution is 5.86. The molecule has 0 aromatic rings. The summed E-state index contributed by atoms with van der Waals surface area (Å²) >= 11 is 0. The summed E-state index contributed by atoms with van der Waals surface area (Å²) in [6.07, 6.45) is 5.96. The van der Waals surface area contributed by atoms with Crippen LogP contribution in [0, 0.1) is 5.92 Å². The third kappa shape index (κ3) is 2.54. The number of aliphatic hydroxyl groups excluding tert-OH is 1. The smallest absolute Gasteiger partial charge is 0.196 e. The summed E-state index contributed by atoms with van der Waals surface area (Å²) in [6, 6.07) is 0.0740. The zero-order valence-electron chi connectivity index (χ0n) is 10.8. The Balaban J connectivity index is 2.18. The highest BCUT2D eigenvalue weighted by Crippen LogP contribution is 2.34. The molecule has 3 atom stereocenters. The van der Waals surface area contributed by atoms with Gasteiger partial charge in [0.05, 0.1) is 6.04 Å². The average Bonchev–Trinajstić information content (AvgIpc) is 2.73. The van der Waals surface area contributed by atoms with Crippen molar-refractivity contribution in [3.8, 4) is 0 Å². The first-order valence-electron chi connectivity index (χ1n) is 6.06. The molecule has 0 saturated carbocycles. The highest BCUT2D eigenvalue weighted by atomic mass is 16.6. The van der Waals surface area contributed by atoms with Crippen molar-refractivity contribution in [3.63, 3.8) is 0 Å². The molecule has 3 unspecified atom stereocenters. The van der Waals surface area contributed by atoms with Crippen LogP contribution in [0.4, 0.5) is 0 Å². The van der Waals surface area contributed by atoms with E-state index in [0.717, 1.165) is 17.6 Å². The topological polar surface area (TPSA) is 51.0 Å². The lowest BCUT2D eigenvalue weighted by Crippen LogP contribution is -2.31. The molecule has 0 aromatic carbocycles. The first-order valence-corrected chi connectivity index (χ1v) is 6.06. The molecule has 0 spiro atoms. The van der Waals surface area contributed by atoms with Crippen molar-refractivity contribution in [1.29, 1.82) is 0 Å². The van der Waals surface area contributed by atoms with Gasteiger partial charge >= 0.3 is 0 Å². The van der Waals surface area contributed by atoms with E-state index in [1.165, 1.54) is 7.11 Å². The minimum atomic E-state index is -0.920. The van der Waals surface area contributed by atoms with E-state index in [9.17, 15) is 5.11 Å². The molecule has 4 heteroatoms. The fourth-order valence-electron chi connectivity index (χ4n) is 2.20. The molecule has 0 aromatic heterocycles. The number of aliphatic hydroxyl groups is 1. The van der Waals surface area contributed by atoms with E-state index in [1.54, 1.807) is 0 Å². The van der Waals surface area contributed by atoms with Gasteiger partial charge in [-0.15, -0.1) is 0 Å². The Labute approximate surface area is 107 Å². The third-order valence-corrected chi connectivity index (χ3v) is 3.07. The molecule has 0 radical (unpaired) electrons. The van der Waals surface area contributed by atoms with Gasteiger partial charge in [0.25, 0.3) is 0 Å². The van der Waals surface area contributed by atoms with Crippen molar-refractivity contribution in [3.05, 3.63) is 36.0 Å². The first kappa shape index (κ1) is 13.1. The third-order valence-electron chi connectivity index (χ3n) is 3.07.